The van der Waals surface area contributed by atoms with E-state index in [1.807, 2.05) is 13.0 Å². The lowest BCUT2D eigenvalue weighted by Crippen LogP contribution is -2.46. The first kappa shape index (κ1) is 13.8. The summed E-state index contributed by atoms with van der Waals surface area (Å²) >= 11 is 0. The van der Waals surface area contributed by atoms with Gasteiger partial charge < -0.3 is 5.32 Å². The summed E-state index contributed by atoms with van der Waals surface area (Å²) in [7, 11) is 0. The Morgan fingerprint density at radius 2 is 2.19 bits per heavy atom. The molecule has 0 fully saturated rings. The number of fused-ring (bicyclic) bond motifs is 1. The average Bonchev–Trinajstić information content (AvgIpc) is 3.05. The molecule has 2 heterocycles. The van der Waals surface area contributed by atoms with Gasteiger partial charge in [0.15, 0.2) is 0 Å². The molecule has 1 aromatic carbocycles. The van der Waals surface area contributed by atoms with Crippen LogP contribution in [0.2, 0.25) is 0 Å². The molecule has 0 radical (unpaired) electrons. The largest absolute Gasteiger partial charge is 0.349 e. The first-order chi connectivity index (χ1) is 10.2. The van der Waals surface area contributed by atoms with Gasteiger partial charge in [0.05, 0.1) is 18.3 Å². The highest BCUT2D eigenvalue weighted by molar-refractivity contribution is 5.81. The molecule has 1 aliphatic heterocycles. The summed E-state index contributed by atoms with van der Waals surface area (Å²) in [4.78, 5) is 14.5. The quantitative estimate of drug-likeness (QED) is 0.894. The van der Waals surface area contributed by atoms with Crippen LogP contribution in [0.3, 0.4) is 0 Å². The van der Waals surface area contributed by atoms with Crippen LogP contribution in [-0.4, -0.2) is 33.6 Å². The number of H-pyrrole nitrogens is 1. The van der Waals surface area contributed by atoms with Gasteiger partial charge in [0.1, 0.15) is 0 Å². The number of hydrogen-bond acceptors (Lipinski definition) is 3. The van der Waals surface area contributed by atoms with E-state index in [0.717, 1.165) is 25.2 Å². The van der Waals surface area contributed by atoms with E-state index in [9.17, 15) is 4.79 Å². The zero-order chi connectivity index (χ0) is 14.7. The highest BCUT2D eigenvalue weighted by Gasteiger charge is 2.24. The number of carbonyl (C=O) groups excluding carboxylic acids is 1. The maximum atomic E-state index is 12.3. The average molecular weight is 284 g/mol. The number of nitrogens with one attached hydrogen (secondary N) is 2. The maximum Gasteiger partial charge on any atom is 0.237 e. The van der Waals surface area contributed by atoms with E-state index in [2.05, 4.69) is 44.7 Å². The minimum Gasteiger partial charge on any atom is -0.349 e. The molecule has 2 N–H and O–H groups in total. The number of hydrogen-bond donors (Lipinski definition) is 2. The summed E-state index contributed by atoms with van der Waals surface area (Å²) in [5.74, 6) is 0.0592. The molecular formula is C16H20N4O. The second-order valence-corrected chi connectivity index (χ2v) is 5.46. The first-order valence-corrected chi connectivity index (χ1v) is 7.31. The van der Waals surface area contributed by atoms with Gasteiger partial charge in [0.2, 0.25) is 5.91 Å². The molecule has 0 spiro atoms. The van der Waals surface area contributed by atoms with Crippen molar-refractivity contribution in [3.63, 3.8) is 0 Å². The molecule has 110 valence electrons. The Labute approximate surface area is 124 Å². The van der Waals surface area contributed by atoms with Crippen molar-refractivity contribution in [3.05, 3.63) is 53.3 Å². The first-order valence-electron chi connectivity index (χ1n) is 7.31. The van der Waals surface area contributed by atoms with E-state index >= 15 is 0 Å². The third-order valence-electron chi connectivity index (χ3n) is 4.10. The number of nitrogens with zero attached hydrogens (tertiary/aromatic N) is 2. The minimum atomic E-state index is -0.124. The Hall–Kier alpha value is -2.14. The second kappa shape index (κ2) is 6.10. The highest BCUT2D eigenvalue weighted by atomic mass is 16.2. The second-order valence-electron chi connectivity index (χ2n) is 5.46. The van der Waals surface area contributed by atoms with E-state index in [0.29, 0.717) is 6.54 Å². The van der Waals surface area contributed by atoms with Gasteiger partial charge in [-0.1, -0.05) is 24.3 Å². The number of aromatic nitrogens is 2. The van der Waals surface area contributed by atoms with E-state index < -0.39 is 0 Å². The lowest BCUT2D eigenvalue weighted by atomic mass is 9.99. The summed E-state index contributed by atoms with van der Waals surface area (Å²) < 4.78 is 0. The summed E-state index contributed by atoms with van der Waals surface area (Å²) in [6, 6.07) is 10.2. The molecule has 0 saturated carbocycles. The summed E-state index contributed by atoms with van der Waals surface area (Å²) in [6.45, 7) is 4.23. The fourth-order valence-electron chi connectivity index (χ4n) is 2.73. The van der Waals surface area contributed by atoms with Gasteiger partial charge in [0, 0.05) is 19.3 Å². The van der Waals surface area contributed by atoms with Gasteiger partial charge in [-0.2, -0.15) is 5.10 Å². The predicted molar refractivity (Wildman–Crippen MR) is 80.5 cm³/mol. The third-order valence-corrected chi connectivity index (χ3v) is 4.10. The van der Waals surface area contributed by atoms with E-state index in [4.69, 9.17) is 0 Å². The lowest BCUT2D eigenvalue weighted by Gasteiger charge is -2.32. The molecule has 21 heavy (non-hydrogen) atoms. The molecule has 1 amide bonds. The number of aromatic amines is 1. The van der Waals surface area contributed by atoms with Gasteiger partial charge in [0.25, 0.3) is 0 Å². The standard InChI is InChI=1S/C16H20N4O/c1-12(16(21)17-10-15-6-8-18-19-15)20-9-7-13-4-2-3-5-14(13)11-20/h2-6,8,12H,7,9-11H2,1H3,(H,17,21)(H,18,19). The van der Waals surface area contributed by atoms with Crippen LogP contribution in [-0.2, 0) is 24.3 Å². The van der Waals surface area contributed by atoms with Gasteiger partial charge in [-0.3, -0.25) is 14.8 Å². The molecule has 1 aromatic heterocycles. The summed E-state index contributed by atoms with van der Waals surface area (Å²) in [6.07, 6.45) is 2.70. The molecule has 1 aliphatic rings. The van der Waals surface area contributed by atoms with Gasteiger partial charge in [-0.05, 0) is 30.5 Å². The smallest absolute Gasteiger partial charge is 0.237 e. The van der Waals surface area contributed by atoms with Crippen LogP contribution in [0.15, 0.2) is 36.5 Å². The normalized spacial score (nSPS) is 16.2. The molecule has 0 aliphatic carbocycles. The number of carbonyl (C=O) groups is 1. The summed E-state index contributed by atoms with van der Waals surface area (Å²) in [5.41, 5.74) is 3.65. The van der Waals surface area contributed by atoms with Crippen molar-refractivity contribution in [1.82, 2.24) is 20.4 Å². The van der Waals surface area contributed by atoms with Crippen LogP contribution in [0, 0.1) is 0 Å². The van der Waals surface area contributed by atoms with Crippen LogP contribution in [0.25, 0.3) is 0 Å². The number of benzene rings is 1. The monoisotopic (exact) mass is 284 g/mol. The molecule has 1 atom stereocenters. The SMILES string of the molecule is CC(C(=O)NCc1ccn[nH]1)N1CCc2ccccc2C1. The molecule has 2 aromatic rings. The molecule has 0 bridgehead atoms. The van der Waals surface area contributed by atoms with Crippen molar-refractivity contribution < 1.29 is 4.79 Å². The zero-order valence-electron chi connectivity index (χ0n) is 12.2. The Bertz CT molecular complexity index is 608. The van der Waals surface area contributed by atoms with Crippen LogP contribution in [0.1, 0.15) is 23.7 Å². The predicted octanol–water partition coefficient (Wildman–Crippen LogP) is 1.47. The summed E-state index contributed by atoms with van der Waals surface area (Å²) in [5, 5.41) is 9.67. The zero-order valence-corrected chi connectivity index (χ0v) is 12.2. The molecule has 1 unspecified atom stereocenters. The maximum absolute atomic E-state index is 12.3. The topological polar surface area (TPSA) is 61.0 Å². The van der Waals surface area contributed by atoms with Crippen molar-refractivity contribution in [2.45, 2.75) is 32.5 Å². The number of rotatable bonds is 4. The van der Waals surface area contributed by atoms with E-state index in [-0.39, 0.29) is 11.9 Å². The minimum absolute atomic E-state index is 0.0592. The Morgan fingerprint density at radius 3 is 2.95 bits per heavy atom. The fraction of sp³-hybridized carbons (Fsp3) is 0.375. The van der Waals surface area contributed by atoms with Crippen LogP contribution in [0.4, 0.5) is 0 Å². The molecule has 5 nitrogen and oxygen atoms in total. The van der Waals surface area contributed by atoms with E-state index in [1.165, 1.54) is 11.1 Å². The van der Waals surface area contributed by atoms with Crippen molar-refractivity contribution in [1.29, 1.82) is 0 Å². The van der Waals surface area contributed by atoms with Crippen LogP contribution < -0.4 is 5.32 Å². The van der Waals surface area contributed by atoms with Gasteiger partial charge >= 0.3 is 0 Å². The Morgan fingerprint density at radius 1 is 1.38 bits per heavy atom. The van der Waals surface area contributed by atoms with Gasteiger partial charge in [-0.15, -0.1) is 0 Å². The molecular weight excluding hydrogens is 264 g/mol. The van der Waals surface area contributed by atoms with Crippen molar-refractivity contribution in [3.8, 4) is 0 Å². The third kappa shape index (κ3) is 3.13. The molecule has 3 rings (SSSR count). The van der Waals surface area contributed by atoms with Crippen LogP contribution >= 0.6 is 0 Å². The number of amides is 1. The molecule has 5 heteroatoms. The van der Waals surface area contributed by atoms with E-state index in [1.54, 1.807) is 6.20 Å². The Kier molecular flexibility index (Phi) is 4.01. The van der Waals surface area contributed by atoms with Crippen molar-refractivity contribution in [2.24, 2.45) is 0 Å². The fourth-order valence-corrected chi connectivity index (χ4v) is 2.73. The van der Waals surface area contributed by atoms with Gasteiger partial charge in [-0.25, -0.2) is 0 Å². The highest BCUT2D eigenvalue weighted by Crippen LogP contribution is 2.20. The lowest BCUT2D eigenvalue weighted by molar-refractivity contribution is -0.126. The van der Waals surface area contributed by atoms with Crippen molar-refractivity contribution in [2.75, 3.05) is 6.54 Å². The van der Waals surface area contributed by atoms with Crippen molar-refractivity contribution >= 4 is 5.91 Å². The van der Waals surface area contributed by atoms with Crippen LogP contribution in [0.5, 0.6) is 0 Å². The Balaban J connectivity index is 1.58. The molecule has 0 saturated heterocycles.